The van der Waals surface area contributed by atoms with Crippen molar-refractivity contribution in [3.63, 3.8) is 0 Å². The molecule has 4 nitrogen and oxygen atoms in total. The summed E-state index contributed by atoms with van der Waals surface area (Å²) in [6.45, 7) is 12.0. The number of hydrogen-bond acceptors (Lipinski definition) is 5. The molecule has 0 saturated heterocycles. The van der Waals surface area contributed by atoms with Crippen LogP contribution >= 0.6 is 11.8 Å². The van der Waals surface area contributed by atoms with Crippen LogP contribution in [0.25, 0.3) is 0 Å². The lowest BCUT2D eigenvalue weighted by Crippen LogP contribution is -2.32. The van der Waals surface area contributed by atoms with Crippen LogP contribution in [0.1, 0.15) is 71.5 Å². The van der Waals surface area contributed by atoms with E-state index >= 15 is 0 Å². The number of hydrogen-bond donors (Lipinski definition) is 1. The molecule has 0 fully saturated rings. The van der Waals surface area contributed by atoms with Crippen LogP contribution in [0.3, 0.4) is 0 Å². The second-order valence-electron chi connectivity index (χ2n) is 5.34. The molecule has 0 bridgehead atoms. The smallest absolute Gasteiger partial charge is 0.231 e. The third-order valence-corrected chi connectivity index (χ3v) is 4.96. The number of thioether (sulfide) groups is 1. The Morgan fingerprint density at radius 1 is 1.20 bits per heavy atom. The molecule has 3 unspecified atom stereocenters. The Bertz CT molecular complexity index is 370. The van der Waals surface area contributed by atoms with Crippen molar-refractivity contribution in [1.82, 2.24) is 15.5 Å². The topological polar surface area (TPSA) is 51.0 Å². The first kappa shape index (κ1) is 17.5. The molecule has 0 aliphatic heterocycles. The van der Waals surface area contributed by atoms with E-state index in [1.807, 2.05) is 11.8 Å². The Balaban J connectivity index is 2.58. The number of nitrogens with zero attached hydrogens (tertiary/aromatic N) is 2. The summed E-state index contributed by atoms with van der Waals surface area (Å²) in [7, 11) is 0. The highest BCUT2D eigenvalue weighted by Crippen LogP contribution is 2.24. The molecule has 0 aromatic carbocycles. The maximum Gasteiger partial charge on any atom is 0.231 e. The predicted octanol–water partition coefficient (Wildman–Crippen LogP) is 3.98. The summed E-state index contributed by atoms with van der Waals surface area (Å²) in [4.78, 5) is 4.58. The lowest BCUT2D eigenvalue weighted by molar-refractivity contribution is 0.314. The first-order valence-corrected chi connectivity index (χ1v) is 8.84. The molecule has 1 rings (SSSR count). The van der Waals surface area contributed by atoms with E-state index in [-0.39, 0.29) is 0 Å². The molecule has 3 atom stereocenters. The molecule has 1 heterocycles. The Labute approximate surface area is 127 Å². The van der Waals surface area contributed by atoms with Crippen LogP contribution in [-0.2, 0) is 5.75 Å². The maximum atomic E-state index is 5.47. The van der Waals surface area contributed by atoms with Gasteiger partial charge >= 0.3 is 0 Å². The maximum absolute atomic E-state index is 5.47. The van der Waals surface area contributed by atoms with Crippen molar-refractivity contribution in [2.45, 2.75) is 76.8 Å². The molecule has 0 radical (unpaired) electrons. The number of rotatable bonds is 10. The molecule has 0 aliphatic carbocycles. The van der Waals surface area contributed by atoms with Crippen molar-refractivity contribution < 1.29 is 4.52 Å². The van der Waals surface area contributed by atoms with Crippen molar-refractivity contribution in [1.29, 1.82) is 0 Å². The predicted molar refractivity (Wildman–Crippen MR) is 86.1 cm³/mol. The van der Waals surface area contributed by atoms with Crippen LogP contribution in [0.5, 0.6) is 0 Å². The summed E-state index contributed by atoms with van der Waals surface area (Å²) in [5, 5.41) is 8.28. The first-order valence-electron chi connectivity index (χ1n) is 7.79. The minimum atomic E-state index is 0.302. The Kier molecular flexibility index (Phi) is 8.22. The van der Waals surface area contributed by atoms with Crippen LogP contribution in [0.4, 0.5) is 0 Å². The van der Waals surface area contributed by atoms with Gasteiger partial charge in [0.2, 0.25) is 5.89 Å². The average Bonchev–Trinajstić information content (AvgIpc) is 2.91. The normalized spacial score (nSPS) is 16.1. The van der Waals surface area contributed by atoms with Crippen LogP contribution in [0, 0.1) is 0 Å². The molecule has 1 aromatic heterocycles. The summed E-state index contributed by atoms with van der Waals surface area (Å²) in [5.41, 5.74) is 0. The number of nitrogens with one attached hydrogen (secondary N) is 1. The van der Waals surface area contributed by atoms with Gasteiger partial charge in [0.1, 0.15) is 0 Å². The molecule has 20 heavy (non-hydrogen) atoms. The van der Waals surface area contributed by atoms with E-state index in [1.54, 1.807) is 0 Å². The summed E-state index contributed by atoms with van der Waals surface area (Å²) in [6, 6.07) is 0.371. The van der Waals surface area contributed by atoms with E-state index in [9.17, 15) is 0 Å². The molecule has 116 valence electrons. The lowest BCUT2D eigenvalue weighted by atomic mass is 9.98. The third-order valence-electron chi connectivity index (χ3n) is 3.63. The van der Waals surface area contributed by atoms with Gasteiger partial charge in [0.25, 0.3) is 0 Å². The Morgan fingerprint density at radius 3 is 2.55 bits per heavy atom. The van der Waals surface area contributed by atoms with Gasteiger partial charge < -0.3 is 9.84 Å². The number of aromatic nitrogens is 2. The quantitative estimate of drug-likeness (QED) is 0.708. The minimum absolute atomic E-state index is 0.302. The SMILES string of the molecule is CCCNC(C)C(CC)c1nc(CSC(C)CC)no1. The zero-order valence-corrected chi connectivity index (χ0v) is 14.3. The summed E-state index contributed by atoms with van der Waals surface area (Å²) in [6.07, 6.45) is 3.32. The average molecular weight is 299 g/mol. The van der Waals surface area contributed by atoms with Gasteiger partial charge in [-0.25, -0.2) is 0 Å². The molecule has 1 N–H and O–H groups in total. The van der Waals surface area contributed by atoms with Crippen molar-refractivity contribution in [3.05, 3.63) is 11.7 Å². The molecule has 5 heteroatoms. The molecule has 1 aromatic rings. The van der Waals surface area contributed by atoms with Crippen molar-refractivity contribution >= 4 is 11.8 Å². The fourth-order valence-electron chi connectivity index (χ4n) is 2.07. The molecule has 0 spiro atoms. The highest BCUT2D eigenvalue weighted by Gasteiger charge is 2.23. The van der Waals surface area contributed by atoms with E-state index in [1.165, 1.54) is 6.42 Å². The monoisotopic (exact) mass is 299 g/mol. The molecule has 0 amide bonds. The zero-order valence-electron chi connectivity index (χ0n) is 13.5. The molecule has 0 saturated carbocycles. The van der Waals surface area contributed by atoms with Gasteiger partial charge in [0, 0.05) is 11.3 Å². The van der Waals surface area contributed by atoms with Gasteiger partial charge in [0.05, 0.1) is 11.7 Å². The van der Waals surface area contributed by atoms with Crippen LogP contribution in [-0.4, -0.2) is 28.0 Å². The van der Waals surface area contributed by atoms with Gasteiger partial charge in [-0.15, -0.1) is 0 Å². The van der Waals surface area contributed by atoms with Gasteiger partial charge in [0.15, 0.2) is 5.82 Å². The van der Waals surface area contributed by atoms with Crippen molar-refractivity contribution in [2.24, 2.45) is 0 Å². The van der Waals surface area contributed by atoms with Gasteiger partial charge in [-0.3, -0.25) is 0 Å². The molecular formula is C15H29N3OS. The van der Waals surface area contributed by atoms with Crippen LogP contribution < -0.4 is 5.32 Å². The van der Waals surface area contributed by atoms with Gasteiger partial charge in [-0.05, 0) is 32.7 Å². The highest BCUT2D eigenvalue weighted by molar-refractivity contribution is 7.99. The van der Waals surface area contributed by atoms with E-state index in [0.29, 0.717) is 17.2 Å². The van der Waals surface area contributed by atoms with Crippen LogP contribution in [0.15, 0.2) is 4.52 Å². The van der Waals surface area contributed by atoms with Crippen molar-refractivity contribution in [3.8, 4) is 0 Å². The van der Waals surface area contributed by atoms with E-state index in [4.69, 9.17) is 4.52 Å². The summed E-state index contributed by atoms with van der Waals surface area (Å²) in [5.74, 6) is 2.75. The van der Waals surface area contributed by atoms with Gasteiger partial charge in [-0.1, -0.05) is 32.9 Å². The van der Waals surface area contributed by atoms with Crippen molar-refractivity contribution in [2.75, 3.05) is 6.54 Å². The minimum Gasteiger partial charge on any atom is -0.339 e. The Hall–Kier alpha value is -0.550. The van der Waals surface area contributed by atoms with Gasteiger partial charge in [-0.2, -0.15) is 16.7 Å². The van der Waals surface area contributed by atoms with E-state index < -0.39 is 0 Å². The van der Waals surface area contributed by atoms with E-state index in [0.717, 1.165) is 36.9 Å². The largest absolute Gasteiger partial charge is 0.339 e. The Morgan fingerprint density at radius 2 is 1.95 bits per heavy atom. The lowest BCUT2D eigenvalue weighted by Gasteiger charge is -2.20. The summed E-state index contributed by atoms with van der Waals surface area (Å²) < 4.78 is 5.47. The fraction of sp³-hybridized carbons (Fsp3) is 0.867. The van der Waals surface area contributed by atoms with E-state index in [2.05, 4.69) is 50.1 Å². The second-order valence-corrected chi connectivity index (χ2v) is 6.76. The zero-order chi connectivity index (χ0) is 15.0. The highest BCUT2D eigenvalue weighted by atomic mass is 32.2. The summed E-state index contributed by atoms with van der Waals surface area (Å²) >= 11 is 1.88. The second kappa shape index (κ2) is 9.40. The molecular weight excluding hydrogens is 270 g/mol. The molecule has 0 aliphatic rings. The van der Waals surface area contributed by atoms with Crippen LogP contribution in [0.2, 0.25) is 0 Å². The third kappa shape index (κ3) is 5.44. The standard InChI is InChI=1S/C15H29N3OS/c1-6-9-16-12(5)13(8-3)15-17-14(18-19-15)10-20-11(4)7-2/h11-13,16H,6-10H2,1-5H3. The fourth-order valence-corrected chi connectivity index (χ4v) is 2.85. The first-order chi connectivity index (χ1) is 9.62.